The van der Waals surface area contributed by atoms with Crippen molar-refractivity contribution in [3.05, 3.63) is 17.5 Å². The molecule has 0 saturated heterocycles. The molecule has 7 nitrogen and oxygen atoms in total. The number of nitrogens with one attached hydrogen (secondary N) is 1. The monoisotopic (exact) mass is 240 g/mol. The maximum absolute atomic E-state index is 10.6. The summed E-state index contributed by atoms with van der Waals surface area (Å²) in [5, 5.41) is 7.25. The molecule has 2 rings (SSSR count). The van der Waals surface area contributed by atoms with E-state index in [0.717, 1.165) is 0 Å². The second-order valence-corrected chi connectivity index (χ2v) is 3.47. The molecule has 0 radical (unpaired) electrons. The molecular weight excluding hydrogens is 232 g/mol. The molecule has 2 aromatic heterocycles. The fourth-order valence-corrected chi connectivity index (χ4v) is 1.40. The van der Waals surface area contributed by atoms with Crippen molar-refractivity contribution in [3.8, 4) is 0 Å². The predicted octanol–water partition coefficient (Wildman–Crippen LogP) is 0.0650. The van der Waals surface area contributed by atoms with Gasteiger partial charge in [0.15, 0.2) is 0 Å². The highest BCUT2D eigenvalue weighted by atomic mass is 35.5. The number of primary amides is 1. The van der Waals surface area contributed by atoms with E-state index in [2.05, 4.69) is 20.4 Å². The molecule has 3 N–H and O–H groups in total. The topological polar surface area (TPSA) is 98.2 Å². The average molecular weight is 241 g/mol. The third-order valence-corrected chi connectivity index (χ3v) is 2.09. The molecule has 8 heteroatoms. The molecular formula is C8H9ClN6O. The Hall–Kier alpha value is -1.89. The molecule has 84 valence electrons. The zero-order valence-corrected chi connectivity index (χ0v) is 8.98. The van der Waals surface area contributed by atoms with Crippen LogP contribution < -0.4 is 11.1 Å². The molecule has 0 unspecified atom stereocenters. The highest BCUT2D eigenvalue weighted by Crippen LogP contribution is 2.14. The molecule has 0 atom stereocenters. The predicted molar refractivity (Wildman–Crippen MR) is 58.1 cm³/mol. The molecule has 0 aliphatic heterocycles. The first-order valence-corrected chi connectivity index (χ1v) is 4.93. The minimum absolute atomic E-state index is 0.232. The maximum atomic E-state index is 10.6. The van der Waals surface area contributed by atoms with Gasteiger partial charge in [-0.25, -0.2) is 0 Å². The van der Waals surface area contributed by atoms with E-state index in [0.29, 0.717) is 23.3 Å². The molecule has 16 heavy (non-hydrogen) atoms. The first-order chi connectivity index (χ1) is 7.66. The van der Waals surface area contributed by atoms with Crippen LogP contribution in [0, 0.1) is 0 Å². The first kappa shape index (κ1) is 10.6. The van der Waals surface area contributed by atoms with Crippen LogP contribution in [0.1, 0.15) is 6.42 Å². The van der Waals surface area contributed by atoms with Crippen LogP contribution in [0.25, 0.3) is 5.78 Å². The van der Waals surface area contributed by atoms with Crippen molar-refractivity contribution in [3.63, 3.8) is 0 Å². The van der Waals surface area contributed by atoms with Gasteiger partial charge in [0.05, 0.1) is 0 Å². The fourth-order valence-electron chi connectivity index (χ4n) is 1.22. The van der Waals surface area contributed by atoms with Crippen molar-refractivity contribution >= 4 is 29.1 Å². The van der Waals surface area contributed by atoms with Crippen LogP contribution >= 0.6 is 11.6 Å². The lowest BCUT2D eigenvalue weighted by atomic mass is 10.4. The third-order valence-electron chi connectivity index (χ3n) is 1.90. The Labute approximate surface area is 95.6 Å². The van der Waals surface area contributed by atoms with E-state index in [-0.39, 0.29) is 12.3 Å². The van der Waals surface area contributed by atoms with Gasteiger partial charge in [-0.3, -0.25) is 4.79 Å². The van der Waals surface area contributed by atoms with E-state index in [1.807, 2.05) is 0 Å². The Kier molecular flexibility index (Phi) is 2.86. The summed E-state index contributed by atoms with van der Waals surface area (Å²) in [6, 6.07) is 1.60. The number of fused-ring (bicyclic) bond motifs is 1. The zero-order valence-electron chi connectivity index (χ0n) is 8.22. The summed E-state index contributed by atoms with van der Waals surface area (Å²) in [7, 11) is 0. The number of aromatic nitrogens is 4. The van der Waals surface area contributed by atoms with Gasteiger partial charge in [0.25, 0.3) is 5.78 Å². The maximum Gasteiger partial charge on any atom is 0.255 e. The Morgan fingerprint density at radius 3 is 3.19 bits per heavy atom. The molecule has 2 heterocycles. The molecule has 0 aromatic carbocycles. The van der Waals surface area contributed by atoms with Crippen LogP contribution in [0.2, 0.25) is 5.15 Å². The highest BCUT2D eigenvalue weighted by molar-refractivity contribution is 6.29. The van der Waals surface area contributed by atoms with Crippen molar-refractivity contribution in [1.82, 2.24) is 19.6 Å². The van der Waals surface area contributed by atoms with Crippen LogP contribution in [0.15, 0.2) is 12.4 Å². The van der Waals surface area contributed by atoms with E-state index in [9.17, 15) is 4.79 Å². The van der Waals surface area contributed by atoms with Crippen molar-refractivity contribution < 1.29 is 4.79 Å². The van der Waals surface area contributed by atoms with E-state index in [1.165, 1.54) is 10.8 Å². The smallest absolute Gasteiger partial charge is 0.255 e. The Morgan fingerprint density at radius 1 is 1.62 bits per heavy atom. The van der Waals surface area contributed by atoms with Crippen LogP contribution in [-0.4, -0.2) is 32.0 Å². The number of rotatable bonds is 4. The normalized spacial score (nSPS) is 10.6. The number of carbonyl (C=O) groups is 1. The summed E-state index contributed by atoms with van der Waals surface area (Å²) in [5.41, 5.74) is 5.03. The number of amides is 1. The van der Waals surface area contributed by atoms with Gasteiger partial charge in [-0.1, -0.05) is 11.6 Å². The van der Waals surface area contributed by atoms with Crippen LogP contribution in [-0.2, 0) is 4.79 Å². The lowest BCUT2D eigenvalue weighted by Gasteiger charge is -2.06. The minimum Gasteiger partial charge on any atom is -0.370 e. The first-order valence-electron chi connectivity index (χ1n) is 4.55. The highest BCUT2D eigenvalue weighted by Gasteiger charge is 2.05. The van der Waals surface area contributed by atoms with Gasteiger partial charge in [0.2, 0.25) is 5.91 Å². The Balaban J connectivity index is 2.22. The van der Waals surface area contributed by atoms with Gasteiger partial charge in [-0.05, 0) is 0 Å². The number of anilines is 1. The molecule has 0 bridgehead atoms. The summed E-state index contributed by atoms with van der Waals surface area (Å²) >= 11 is 5.80. The van der Waals surface area contributed by atoms with Crippen LogP contribution in [0.4, 0.5) is 5.82 Å². The van der Waals surface area contributed by atoms with Gasteiger partial charge >= 0.3 is 0 Å². The van der Waals surface area contributed by atoms with Gasteiger partial charge in [0, 0.05) is 19.0 Å². The number of hydrogen-bond acceptors (Lipinski definition) is 5. The summed E-state index contributed by atoms with van der Waals surface area (Å²) in [4.78, 5) is 18.4. The average Bonchev–Trinajstić information content (AvgIpc) is 2.64. The van der Waals surface area contributed by atoms with Crippen molar-refractivity contribution in [2.75, 3.05) is 11.9 Å². The molecule has 0 fully saturated rings. The molecule has 0 aliphatic carbocycles. The van der Waals surface area contributed by atoms with Crippen LogP contribution in [0.5, 0.6) is 0 Å². The minimum atomic E-state index is -0.373. The SMILES string of the molecule is NC(=O)CCNc1cc(Cl)nc2ncnn12. The largest absolute Gasteiger partial charge is 0.370 e. The molecule has 0 aliphatic rings. The van der Waals surface area contributed by atoms with Gasteiger partial charge in [0.1, 0.15) is 17.3 Å². The fraction of sp³-hybridized carbons (Fsp3) is 0.250. The summed E-state index contributed by atoms with van der Waals surface area (Å²) < 4.78 is 1.49. The Bertz CT molecular complexity index is 524. The van der Waals surface area contributed by atoms with Crippen molar-refractivity contribution in [1.29, 1.82) is 0 Å². The van der Waals surface area contributed by atoms with Crippen LogP contribution in [0.3, 0.4) is 0 Å². The zero-order chi connectivity index (χ0) is 11.5. The molecule has 0 spiro atoms. The second kappa shape index (κ2) is 4.31. The standard InChI is InChI=1S/C8H9ClN6O/c9-5-3-7(11-2-1-6(10)16)15-8(14-5)12-4-13-15/h3-4,11H,1-2H2,(H2,10,16). The summed E-state index contributed by atoms with van der Waals surface area (Å²) in [5.74, 6) is 0.644. The molecule has 1 amide bonds. The number of nitrogens with zero attached hydrogens (tertiary/aromatic N) is 4. The molecule has 2 aromatic rings. The molecule has 0 saturated carbocycles. The van der Waals surface area contributed by atoms with E-state index in [1.54, 1.807) is 6.07 Å². The lowest BCUT2D eigenvalue weighted by molar-refractivity contribution is -0.117. The van der Waals surface area contributed by atoms with Gasteiger partial charge in [-0.2, -0.15) is 19.6 Å². The summed E-state index contributed by atoms with van der Waals surface area (Å²) in [6.07, 6.45) is 1.61. The number of carbonyl (C=O) groups excluding carboxylic acids is 1. The lowest BCUT2D eigenvalue weighted by Crippen LogP contribution is -2.17. The quantitative estimate of drug-likeness (QED) is 0.737. The van der Waals surface area contributed by atoms with Crippen molar-refractivity contribution in [2.24, 2.45) is 5.73 Å². The number of nitrogens with two attached hydrogens (primary N) is 1. The van der Waals surface area contributed by atoms with E-state index >= 15 is 0 Å². The van der Waals surface area contributed by atoms with E-state index in [4.69, 9.17) is 17.3 Å². The van der Waals surface area contributed by atoms with Gasteiger partial charge in [-0.15, -0.1) is 0 Å². The van der Waals surface area contributed by atoms with Crippen molar-refractivity contribution in [2.45, 2.75) is 6.42 Å². The number of hydrogen-bond donors (Lipinski definition) is 2. The Morgan fingerprint density at radius 2 is 2.44 bits per heavy atom. The van der Waals surface area contributed by atoms with Gasteiger partial charge < -0.3 is 11.1 Å². The summed E-state index contributed by atoms with van der Waals surface area (Å²) in [6.45, 7) is 0.407. The number of halogens is 1. The van der Waals surface area contributed by atoms with E-state index < -0.39 is 0 Å². The second-order valence-electron chi connectivity index (χ2n) is 3.08. The third kappa shape index (κ3) is 2.19.